The Morgan fingerprint density at radius 1 is 1.05 bits per heavy atom. The third-order valence-electron chi connectivity index (χ3n) is 7.44. The number of halogens is 1. The summed E-state index contributed by atoms with van der Waals surface area (Å²) in [5, 5.41) is 0.520. The highest BCUT2D eigenvalue weighted by atomic mass is 35.5. The van der Waals surface area contributed by atoms with E-state index in [-0.39, 0.29) is 12.5 Å². The second kappa shape index (κ2) is 12.1. The lowest BCUT2D eigenvalue weighted by Crippen LogP contribution is -2.59. The molecule has 1 aliphatic heterocycles. The Morgan fingerprint density at radius 2 is 1.77 bits per heavy atom. The van der Waals surface area contributed by atoms with Gasteiger partial charge in [0.15, 0.2) is 0 Å². The Bertz CT molecular complexity index is 1470. The van der Waals surface area contributed by atoms with Crippen LogP contribution in [-0.4, -0.2) is 48.5 Å². The van der Waals surface area contributed by atoms with E-state index < -0.39 is 40.0 Å². The van der Waals surface area contributed by atoms with Crippen molar-refractivity contribution < 1.29 is 22.8 Å². The summed E-state index contributed by atoms with van der Waals surface area (Å²) in [6, 6.07) is 17.8. The Hall–Kier alpha value is -3.31. The molecule has 3 aromatic rings. The summed E-state index contributed by atoms with van der Waals surface area (Å²) in [5.41, 5.74) is 4.92. The number of nitrogens with zero attached hydrogens (tertiary/aromatic N) is 2. The molecule has 9 nitrogen and oxygen atoms in total. The maximum atomic E-state index is 14.2. The maximum absolute atomic E-state index is 14.2. The van der Waals surface area contributed by atoms with Crippen LogP contribution in [0.4, 0.5) is 0 Å². The number of fused-ring (bicyclic) bond motifs is 1. The molecule has 1 saturated carbocycles. The van der Waals surface area contributed by atoms with Crippen LogP contribution in [0.3, 0.4) is 0 Å². The van der Waals surface area contributed by atoms with E-state index in [2.05, 4.69) is 15.2 Å². The van der Waals surface area contributed by atoms with E-state index in [4.69, 9.17) is 16.4 Å². The van der Waals surface area contributed by atoms with Gasteiger partial charge in [0.25, 0.3) is 11.8 Å². The zero-order valence-corrected chi connectivity index (χ0v) is 23.6. The number of hydrogen-bond acceptors (Lipinski definition) is 6. The molecule has 0 bridgehead atoms. The zero-order valence-electron chi connectivity index (χ0n) is 22.0. The summed E-state index contributed by atoms with van der Waals surface area (Å²) in [5.74, 6) is -1.51. The van der Waals surface area contributed by atoms with Crippen LogP contribution in [-0.2, 0) is 26.3 Å². The first kappa shape index (κ1) is 28.2. The van der Waals surface area contributed by atoms with Gasteiger partial charge in [-0.2, -0.15) is 0 Å². The minimum Gasteiger partial charge on any atom is -0.326 e. The molecular weight excluding hydrogens is 552 g/mol. The molecule has 0 spiro atoms. The largest absolute Gasteiger partial charge is 0.326 e. The van der Waals surface area contributed by atoms with Gasteiger partial charge in [-0.3, -0.25) is 19.4 Å². The molecule has 0 unspecified atom stereocenters. The second-order valence-corrected chi connectivity index (χ2v) is 12.4. The number of pyridine rings is 1. The predicted octanol–water partition coefficient (Wildman–Crippen LogP) is 4.12. The van der Waals surface area contributed by atoms with Gasteiger partial charge in [-0.1, -0.05) is 60.8 Å². The smallest absolute Gasteiger partial charge is 0.255 e. The number of rotatable bonds is 8. The van der Waals surface area contributed by atoms with Crippen molar-refractivity contribution in [2.75, 3.05) is 6.26 Å². The van der Waals surface area contributed by atoms with Crippen molar-refractivity contribution in [1.29, 1.82) is 0 Å². The number of amides is 2. The fourth-order valence-electron chi connectivity index (χ4n) is 5.80. The normalized spacial score (nSPS) is 22.9. The van der Waals surface area contributed by atoms with Crippen LogP contribution >= 0.6 is 11.6 Å². The summed E-state index contributed by atoms with van der Waals surface area (Å²) in [6.07, 6.45) is 5.60. The molecule has 2 amide bonds. The topological polar surface area (TPSA) is 118 Å². The van der Waals surface area contributed by atoms with Crippen LogP contribution < -0.4 is 10.2 Å². The fraction of sp³-hybridized carbons (Fsp3) is 0.345. The molecule has 2 N–H and O–H groups in total. The van der Waals surface area contributed by atoms with Gasteiger partial charge in [-0.15, -0.1) is 0 Å². The summed E-state index contributed by atoms with van der Waals surface area (Å²) in [6.45, 7) is 0.0676. The molecule has 11 heteroatoms. The van der Waals surface area contributed by atoms with Gasteiger partial charge >= 0.3 is 0 Å². The van der Waals surface area contributed by atoms with Crippen LogP contribution in [0.2, 0.25) is 5.02 Å². The van der Waals surface area contributed by atoms with E-state index in [0.29, 0.717) is 40.2 Å². The number of hydrogen-bond donors (Lipinski definition) is 2. The molecule has 2 heterocycles. The Kier molecular flexibility index (Phi) is 8.51. The second-order valence-electron chi connectivity index (χ2n) is 10.2. The van der Waals surface area contributed by atoms with Gasteiger partial charge in [0.05, 0.1) is 23.9 Å². The molecule has 4 atom stereocenters. The highest BCUT2D eigenvalue weighted by molar-refractivity contribution is 7.88. The molecule has 1 fully saturated rings. The van der Waals surface area contributed by atoms with Gasteiger partial charge in [-0.05, 0) is 54.3 Å². The first-order chi connectivity index (χ1) is 19.2. The minimum absolute atomic E-state index is 0.0676. The maximum Gasteiger partial charge on any atom is 0.255 e. The van der Waals surface area contributed by atoms with E-state index in [0.717, 1.165) is 19.1 Å². The number of aromatic nitrogens is 1. The molecular formula is C29H31ClN4O5S. The van der Waals surface area contributed by atoms with E-state index >= 15 is 0 Å². The molecule has 0 radical (unpaired) electrons. The Morgan fingerprint density at radius 3 is 2.50 bits per heavy atom. The van der Waals surface area contributed by atoms with Crippen molar-refractivity contribution in [3.63, 3.8) is 0 Å². The van der Waals surface area contributed by atoms with Gasteiger partial charge in [-0.25, -0.2) is 18.6 Å². The number of carbonyl (C=O) groups is 2. The monoisotopic (exact) mass is 582 g/mol. The molecule has 5 rings (SSSR count). The van der Waals surface area contributed by atoms with Crippen molar-refractivity contribution in [3.05, 3.63) is 100 Å². The van der Waals surface area contributed by atoms with Crippen LogP contribution in [0.1, 0.15) is 64.8 Å². The van der Waals surface area contributed by atoms with Crippen LogP contribution in [0, 0.1) is 0 Å². The number of sulfonamides is 1. The number of carbonyl (C=O) groups excluding carboxylic acids is 2. The molecule has 2 aromatic carbocycles. The molecule has 40 heavy (non-hydrogen) atoms. The van der Waals surface area contributed by atoms with Crippen molar-refractivity contribution in [2.24, 2.45) is 0 Å². The van der Waals surface area contributed by atoms with Crippen LogP contribution in [0.25, 0.3) is 0 Å². The number of benzene rings is 2. The zero-order chi connectivity index (χ0) is 28.3. The Labute approximate surface area is 238 Å². The highest BCUT2D eigenvalue weighted by Gasteiger charge is 2.49. The summed E-state index contributed by atoms with van der Waals surface area (Å²) >= 11 is 6.20. The highest BCUT2D eigenvalue weighted by Crippen LogP contribution is 2.46. The van der Waals surface area contributed by atoms with Crippen LogP contribution in [0.5, 0.6) is 0 Å². The van der Waals surface area contributed by atoms with E-state index in [1.165, 1.54) is 0 Å². The first-order valence-corrected chi connectivity index (χ1v) is 15.5. The molecule has 210 valence electrons. The third-order valence-corrected chi connectivity index (χ3v) is 8.42. The van der Waals surface area contributed by atoms with Crippen molar-refractivity contribution >= 4 is 33.4 Å². The minimum atomic E-state index is -3.54. The third kappa shape index (κ3) is 6.20. The van der Waals surface area contributed by atoms with Gasteiger partial charge in [0.2, 0.25) is 10.0 Å². The summed E-state index contributed by atoms with van der Waals surface area (Å²) < 4.78 is 27.3. The van der Waals surface area contributed by atoms with Crippen molar-refractivity contribution in [1.82, 2.24) is 20.1 Å². The molecule has 1 aromatic heterocycles. The first-order valence-electron chi connectivity index (χ1n) is 13.2. The van der Waals surface area contributed by atoms with E-state index in [1.807, 2.05) is 6.07 Å². The molecule has 1 aliphatic carbocycles. The lowest BCUT2D eigenvalue weighted by molar-refractivity contribution is -0.138. The number of hydroxylamine groups is 1. The van der Waals surface area contributed by atoms with E-state index in [9.17, 15) is 18.0 Å². The van der Waals surface area contributed by atoms with Gasteiger partial charge < -0.3 is 4.90 Å². The van der Waals surface area contributed by atoms with E-state index in [1.54, 1.807) is 71.8 Å². The number of nitrogens with one attached hydrogen (secondary N) is 2. The molecule has 2 aliphatic rings. The standard InChI is InChI=1S/C29H31ClN4O5S/c1-40(37,38)33-24-11-4-5-12-25(24)34-27(19-13-15-20(30)16-14-19)26(22-9-2-3-10-23(22)29(34)36)28(35)32-39-18-21-8-6-7-17-31-21/h2-3,6-10,13-17,24-27,33H,4-5,11-12,18H2,1H3,(H,32,35)/t24-,25-,26+,27-/m1/s1. The summed E-state index contributed by atoms with van der Waals surface area (Å²) in [7, 11) is -3.54. The predicted molar refractivity (Wildman–Crippen MR) is 151 cm³/mol. The van der Waals surface area contributed by atoms with Crippen molar-refractivity contribution in [2.45, 2.75) is 56.3 Å². The van der Waals surface area contributed by atoms with Crippen LogP contribution in [0.15, 0.2) is 72.9 Å². The average Bonchev–Trinajstić information content (AvgIpc) is 2.94. The van der Waals surface area contributed by atoms with Gasteiger partial charge in [0, 0.05) is 28.9 Å². The SMILES string of the molecule is CS(=O)(=O)N[C@@H]1CCCC[C@H]1N1C(=O)c2ccccc2[C@H](C(=O)NOCc2ccccn2)[C@H]1c1ccc(Cl)cc1. The molecule has 0 saturated heterocycles. The average molecular weight is 583 g/mol. The Balaban J connectivity index is 1.57. The fourth-order valence-corrected chi connectivity index (χ4v) is 6.75. The lowest BCUT2D eigenvalue weighted by atomic mass is 9.76. The lowest BCUT2D eigenvalue weighted by Gasteiger charge is -2.49. The van der Waals surface area contributed by atoms with Crippen molar-refractivity contribution in [3.8, 4) is 0 Å². The van der Waals surface area contributed by atoms with Gasteiger partial charge in [0.1, 0.15) is 6.61 Å². The summed E-state index contributed by atoms with van der Waals surface area (Å²) in [4.78, 5) is 39.6. The quantitative estimate of drug-likeness (QED) is 0.386.